The van der Waals surface area contributed by atoms with E-state index in [1.54, 1.807) is 0 Å². The first-order chi connectivity index (χ1) is 14.2. The van der Waals surface area contributed by atoms with Gasteiger partial charge in [0.1, 0.15) is 13.2 Å². The molecule has 4 nitrogen and oxygen atoms in total. The van der Waals surface area contributed by atoms with E-state index in [0.29, 0.717) is 6.42 Å². The van der Waals surface area contributed by atoms with Crippen LogP contribution >= 0.6 is 0 Å². The molecule has 0 bridgehead atoms. The summed E-state index contributed by atoms with van der Waals surface area (Å²) in [6.07, 6.45) is 0.401. The maximum Gasteiger partial charge on any atom is 0.324 e. The average molecular weight is 386 g/mol. The molecule has 0 radical (unpaired) electrons. The number of rotatable bonds is 7. The topological polar surface area (TPSA) is 52.6 Å². The number of carbonyl (C=O) groups excluding carboxylic acids is 2. The second-order valence-electron chi connectivity index (χ2n) is 7.26. The van der Waals surface area contributed by atoms with Crippen molar-refractivity contribution in [2.75, 3.05) is 0 Å². The van der Waals surface area contributed by atoms with E-state index in [4.69, 9.17) is 9.47 Å². The zero-order valence-corrected chi connectivity index (χ0v) is 16.0. The van der Waals surface area contributed by atoms with Crippen LogP contribution in [0.15, 0.2) is 91.0 Å². The molecule has 4 rings (SSSR count). The maximum atomic E-state index is 13.0. The Morgan fingerprint density at radius 1 is 0.690 bits per heavy atom. The normalized spacial score (nSPS) is 16.6. The molecular formula is C25H22O4. The van der Waals surface area contributed by atoms with E-state index >= 15 is 0 Å². The van der Waals surface area contributed by atoms with E-state index in [1.807, 2.05) is 91.0 Å². The van der Waals surface area contributed by atoms with E-state index in [-0.39, 0.29) is 19.1 Å². The predicted octanol–water partition coefficient (Wildman–Crippen LogP) is 4.65. The standard InChI is InChI=1S/C25H22O4/c26-23(28-17-19-10-4-1-5-11-19)25(16-22(25)21-14-8-3-9-15-21)24(27)29-18-20-12-6-2-7-13-20/h1-15,22H,16-18H2. The van der Waals surface area contributed by atoms with Gasteiger partial charge in [0.25, 0.3) is 0 Å². The second kappa shape index (κ2) is 8.31. The highest BCUT2D eigenvalue weighted by Gasteiger charge is 2.68. The van der Waals surface area contributed by atoms with Crippen LogP contribution in [0.4, 0.5) is 0 Å². The zero-order chi connectivity index (χ0) is 20.1. The van der Waals surface area contributed by atoms with E-state index in [2.05, 4.69) is 0 Å². The van der Waals surface area contributed by atoms with Gasteiger partial charge in [-0.3, -0.25) is 9.59 Å². The van der Waals surface area contributed by atoms with Gasteiger partial charge in [-0.25, -0.2) is 0 Å². The maximum absolute atomic E-state index is 13.0. The molecule has 1 fully saturated rings. The molecule has 29 heavy (non-hydrogen) atoms. The van der Waals surface area contributed by atoms with Gasteiger partial charge in [-0.15, -0.1) is 0 Å². The smallest absolute Gasteiger partial charge is 0.324 e. The van der Waals surface area contributed by atoms with Gasteiger partial charge in [0, 0.05) is 5.92 Å². The number of carbonyl (C=O) groups is 2. The van der Waals surface area contributed by atoms with Gasteiger partial charge in [0.2, 0.25) is 0 Å². The Bertz CT molecular complexity index is 912. The summed E-state index contributed by atoms with van der Waals surface area (Å²) in [5.74, 6) is -1.27. The van der Waals surface area contributed by atoms with Gasteiger partial charge in [0.15, 0.2) is 5.41 Å². The van der Waals surface area contributed by atoms with Crippen LogP contribution < -0.4 is 0 Å². The minimum Gasteiger partial charge on any atom is -0.460 e. The van der Waals surface area contributed by atoms with Gasteiger partial charge >= 0.3 is 11.9 Å². The van der Waals surface area contributed by atoms with Crippen molar-refractivity contribution in [3.63, 3.8) is 0 Å². The van der Waals surface area contributed by atoms with Gasteiger partial charge in [0.05, 0.1) is 0 Å². The highest BCUT2D eigenvalue weighted by Crippen LogP contribution is 2.61. The van der Waals surface area contributed by atoms with Crippen LogP contribution in [0, 0.1) is 5.41 Å². The summed E-state index contributed by atoms with van der Waals surface area (Å²) in [6.45, 7) is 0.268. The van der Waals surface area contributed by atoms with Crippen molar-refractivity contribution in [1.82, 2.24) is 0 Å². The first-order valence-electron chi connectivity index (χ1n) is 9.67. The number of ether oxygens (including phenoxy) is 2. The first-order valence-corrected chi connectivity index (χ1v) is 9.67. The molecule has 1 atom stereocenters. The summed E-state index contributed by atoms with van der Waals surface area (Å²) in [5.41, 5.74) is 1.43. The molecule has 1 aliphatic carbocycles. The van der Waals surface area contributed by atoms with Crippen molar-refractivity contribution >= 4 is 11.9 Å². The van der Waals surface area contributed by atoms with Gasteiger partial charge in [-0.2, -0.15) is 0 Å². The molecule has 0 saturated heterocycles. The Balaban J connectivity index is 1.50. The van der Waals surface area contributed by atoms with E-state index in [0.717, 1.165) is 16.7 Å². The van der Waals surface area contributed by atoms with Crippen LogP contribution in [-0.2, 0) is 32.3 Å². The van der Waals surface area contributed by atoms with Gasteiger partial charge in [-0.1, -0.05) is 91.0 Å². The fourth-order valence-corrected chi connectivity index (χ4v) is 3.59. The predicted molar refractivity (Wildman–Crippen MR) is 109 cm³/mol. The van der Waals surface area contributed by atoms with Gasteiger partial charge < -0.3 is 9.47 Å². The number of hydrogen-bond acceptors (Lipinski definition) is 4. The van der Waals surface area contributed by atoms with Crippen LogP contribution in [0.5, 0.6) is 0 Å². The lowest BCUT2D eigenvalue weighted by molar-refractivity contribution is -0.166. The largest absolute Gasteiger partial charge is 0.460 e. The molecule has 1 aliphatic rings. The van der Waals surface area contributed by atoms with Crippen molar-refractivity contribution < 1.29 is 19.1 Å². The van der Waals surface area contributed by atoms with Crippen LogP contribution in [0.2, 0.25) is 0 Å². The summed E-state index contributed by atoms with van der Waals surface area (Å²) in [7, 11) is 0. The minimum absolute atomic E-state index is 0.134. The van der Waals surface area contributed by atoms with E-state index in [1.165, 1.54) is 0 Å². The Kier molecular flexibility index (Phi) is 5.43. The molecule has 1 saturated carbocycles. The average Bonchev–Trinajstić information content (AvgIpc) is 3.55. The molecule has 3 aromatic carbocycles. The van der Waals surface area contributed by atoms with Crippen LogP contribution in [0.1, 0.15) is 29.0 Å². The third-order valence-electron chi connectivity index (χ3n) is 5.32. The Labute approximate surface area is 170 Å². The summed E-state index contributed by atoms with van der Waals surface area (Å²) in [5, 5.41) is 0. The van der Waals surface area contributed by atoms with E-state index < -0.39 is 17.4 Å². The molecule has 3 aromatic rings. The molecule has 0 amide bonds. The fourth-order valence-electron chi connectivity index (χ4n) is 3.59. The van der Waals surface area contributed by atoms with Crippen LogP contribution in [0.3, 0.4) is 0 Å². The molecule has 0 spiro atoms. The zero-order valence-electron chi connectivity index (χ0n) is 16.0. The van der Waals surface area contributed by atoms with Crippen molar-refractivity contribution in [2.45, 2.75) is 25.6 Å². The molecule has 0 heterocycles. The molecule has 146 valence electrons. The Morgan fingerprint density at radius 2 is 1.10 bits per heavy atom. The summed E-state index contributed by atoms with van der Waals surface area (Å²) >= 11 is 0. The summed E-state index contributed by atoms with van der Waals surface area (Å²) < 4.78 is 11.1. The molecular weight excluding hydrogens is 364 g/mol. The third kappa shape index (κ3) is 4.06. The van der Waals surface area contributed by atoms with E-state index in [9.17, 15) is 9.59 Å². The lowest BCUT2D eigenvalue weighted by Crippen LogP contribution is -2.31. The molecule has 0 aromatic heterocycles. The molecule has 1 unspecified atom stereocenters. The second-order valence-corrected chi connectivity index (χ2v) is 7.26. The Hall–Kier alpha value is -3.40. The number of benzene rings is 3. The number of esters is 2. The van der Waals surface area contributed by atoms with Crippen molar-refractivity contribution in [3.8, 4) is 0 Å². The molecule has 4 heteroatoms. The van der Waals surface area contributed by atoms with Crippen LogP contribution in [-0.4, -0.2) is 11.9 Å². The number of hydrogen-bond donors (Lipinski definition) is 0. The Morgan fingerprint density at radius 3 is 1.55 bits per heavy atom. The summed E-state index contributed by atoms with van der Waals surface area (Å²) in [6, 6.07) is 28.5. The minimum atomic E-state index is -1.27. The SMILES string of the molecule is O=C(OCc1ccccc1)C1(C(=O)OCc2ccccc2)CC1c1ccccc1. The van der Waals surface area contributed by atoms with Gasteiger partial charge in [-0.05, 0) is 23.1 Å². The first kappa shape index (κ1) is 18.9. The highest BCUT2D eigenvalue weighted by molar-refractivity contribution is 6.05. The van der Waals surface area contributed by atoms with Crippen molar-refractivity contribution in [1.29, 1.82) is 0 Å². The van der Waals surface area contributed by atoms with Crippen molar-refractivity contribution in [2.24, 2.45) is 5.41 Å². The lowest BCUT2D eigenvalue weighted by Gasteiger charge is -2.16. The van der Waals surface area contributed by atoms with Crippen LogP contribution in [0.25, 0.3) is 0 Å². The van der Waals surface area contributed by atoms with Crippen molar-refractivity contribution in [3.05, 3.63) is 108 Å². The molecule has 0 aliphatic heterocycles. The molecule has 0 N–H and O–H groups in total. The monoisotopic (exact) mass is 386 g/mol. The quantitative estimate of drug-likeness (QED) is 0.438. The summed E-state index contributed by atoms with van der Waals surface area (Å²) in [4.78, 5) is 26.0. The fraction of sp³-hybridized carbons (Fsp3) is 0.200. The highest BCUT2D eigenvalue weighted by atomic mass is 16.6. The third-order valence-corrected chi connectivity index (χ3v) is 5.32. The lowest BCUT2D eigenvalue weighted by atomic mass is 9.99.